The smallest absolute Gasteiger partial charge is 0.126 e. The summed E-state index contributed by atoms with van der Waals surface area (Å²) in [5, 5.41) is 28.6. The summed E-state index contributed by atoms with van der Waals surface area (Å²) in [5.41, 5.74) is -0.359. The Morgan fingerprint density at radius 2 is 2.12 bits per heavy atom. The van der Waals surface area contributed by atoms with Crippen molar-refractivity contribution in [2.24, 2.45) is 0 Å². The van der Waals surface area contributed by atoms with Crippen LogP contribution < -0.4 is 0 Å². The molecule has 1 atom stereocenters. The summed E-state index contributed by atoms with van der Waals surface area (Å²) in [6.07, 6.45) is 6.03. The first-order valence-electron chi connectivity index (χ1n) is 6.46. The van der Waals surface area contributed by atoms with Gasteiger partial charge in [-0.05, 0) is 19.3 Å². The zero-order valence-corrected chi connectivity index (χ0v) is 10.3. The molecular weight excluding hydrogens is 218 g/mol. The largest absolute Gasteiger partial charge is 0.387 e. The van der Waals surface area contributed by atoms with Gasteiger partial charge in [0.15, 0.2) is 0 Å². The van der Waals surface area contributed by atoms with E-state index in [1.807, 2.05) is 6.92 Å². The maximum Gasteiger partial charge on any atom is 0.126 e. The Bertz CT molecular complexity index is 358. The van der Waals surface area contributed by atoms with E-state index in [4.69, 9.17) is 0 Å². The van der Waals surface area contributed by atoms with Gasteiger partial charge in [0.2, 0.25) is 0 Å². The van der Waals surface area contributed by atoms with Crippen molar-refractivity contribution in [1.29, 1.82) is 0 Å². The quantitative estimate of drug-likeness (QED) is 0.833. The lowest BCUT2D eigenvalue weighted by atomic mass is 9.80. The maximum atomic E-state index is 10.5. The van der Waals surface area contributed by atoms with Gasteiger partial charge in [-0.1, -0.05) is 31.4 Å². The van der Waals surface area contributed by atoms with Gasteiger partial charge in [-0.3, -0.25) is 0 Å². The van der Waals surface area contributed by atoms with E-state index < -0.39 is 11.7 Å². The molecule has 0 aromatic carbocycles. The number of hydrogen-bond donors (Lipinski definition) is 2. The van der Waals surface area contributed by atoms with Crippen LogP contribution in [0.5, 0.6) is 0 Å². The minimum atomic E-state index is -0.995. The van der Waals surface area contributed by atoms with Gasteiger partial charge >= 0.3 is 0 Å². The van der Waals surface area contributed by atoms with Gasteiger partial charge < -0.3 is 10.2 Å². The molecule has 96 valence electrons. The first-order chi connectivity index (χ1) is 8.17. The van der Waals surface area contributed by atoms with Crippen molar-refractivity contribution >= 4 is 0 Å². The molecule has 1 saturated carbocycles. The monoisotopic (exact) mass is 239 g/mol. The second kappa shape index (κ2) is 5.14. The minimum Gasteiger partial charge on any atom is -0.387 e. The Morgan fingerprint density at radius 3 is 2.76 bits per heavy atom. The molecule has 5 nitrogen and oxygen atoms in total. The highest BCUT2D eigenvalue weighted by atomic mass is 16.3. The van der Waals surface area contributed by atoms with Gasteiger partial charge in [0.25, 0.3) is 0 Å². The molecule has 0 spiro atoms. The lowest BCUT2D eigenvalue weighted by Gasteiger charge is -2.36. The van der Waals surface area contributed by atoms with Crippen molar-refractivity contribution in [2.75, 3.05) is 0 Å². The highest BCUT2D eigenvalue weighted by Gasteiger charge is 2.39. The molecule has 1 aliphatic rings. The molecule has 0 radical (unpaired) electrons. The third-order valence-electron chi connectivity index (χ3n) is 3.59. The Labute approximate surface area is 101 Å². The first kappa shape index (κ1) is 12.5. The summed E-state index contributed by atoms with van der Waals surface area (Å²) < 4.78 is 1.69. The van der Waals surface area contributed by atoms with Crippen LogP contribution in [0.15, 0.2) is 6.20 Å². The minimum absolute atomic E-state index is 0.635. The fourth-order valence-corrected chi connectivity index (χ4v) is 2.58. The van der Waals surface area contributed by atoms with E-state index in [2.05, 4.69) is 10.3 Å². The summed E-state index contributed by atoms with van der Waals surface area (Å²) in [6.45, 7) is 2.77. The van der Waals surface area contributed by atoms with Crippen molar-refractivity contribution in [1.82, 2.24) is 15.0 Å². The van der Waals surface area contributed by atoms with E-state index in [-0.39, 0.29) is 0 Å². The number of aryl methyl sites for hydroxylation is 1. The van der Waals surface area contributed by atoms with Gasteiger partial charge in [0.05, 0.1) is 17.5 Å². The number of hydrogen-bond acceptors (Lipinski definition) is 4. The molecule has 1 heterocycles. The third kappa shape index (κ3) is 2.50. The second-order valence-corrected chi connectivity index (χ2v) is 4.95. The van der Waals surface area contributed by atoms with Crippen molar-refractivity contribution in [3.05, 3.63) is 11.9 Å². The molecular formula is C12H21N3O2. The van der Waals surface area contributed by atoms with Crippen LogP contribution in [0.4, 0.5) is 0 Å². The van der Waals surface area contributed by atoms with Crippen LogP contribution in [0.1, 0.15) is 57.2 Å². The molecule has 2 rings (SSSR count). The average molecular weight is 239 g/mol. The van der Waals surface area contributed by atoms with E-state index in [1.54, 1.807) is 10.9 Å². The molecule has 1 fully saturated rings. The topological polar surface area (TPSA) is 71.2 Å². The Balaban J connectivity index is 2.17. The molecule has 17 heavy (non-hydrogen) atoms. The zero-order valence-electron chi connectivity index (χ0n) is 10.3. The molecule has 0 bridgehead atoms. The standard InChI is InChI=1S/C12H21N3O2/c1-2-8-15-10(9-13-14-15)11(16)12(17)6-4-3-5-7-12/h9,11,16-17H,2-8H2,1H3. The molecule has 0 saturated heterocycles. The molecule has 1 unspecified atom stereocenters. The molecule has 1 aliphatic carbocycles. The molecule has 0 amide bonds. The van der Waals surface area contributed by atoms with Crippen molar-refractivity contribution in [2.45, 2.75) is 63.7 Å². The summed E-state index contributed by atoms with van der Waals surface area (Å²) in [7, 11) is 0. The predicted octanol–water partition coefficient (Wildman–Crippen LogP) is 1.42. The van der Waals surface area contributed by atoms with Crippen LogP contribution >= 0.6 is 0 Å². The number of rotatable bonds is 4. The summed E-state index contributed by atoms with van der Waals surface area (Å²) in [5.74, 6) is 0. The SMILES string of the molecule is CCCn1nncc1C(O)C1(O)CCCCC1. The lowest BCUT2D eigenvalue weighted by Crippen LogP contribution is -2.39. The third-order valence-corrected chi connectivity index (χ3v) is 3.59. The fraction of sp³-hybridized carbons (Fsp3) is 0.833. The van der Waals surface area contributed by atoms with E-state index in [1.165, 1.54) is 0 Å². The highest BCUT2D eigenvalue weighted by molar-refractivity contribution is 5.07. The number of aromatic nitrogens is 3. The summed E-state index contributed by atoms with van der Waals surface area (Å²) >= 11 is 0. The second-order valence-electron chi connectivity index (χ2n) is 4.95. The zero-order chi connectivity index (χ0) is 12.3. The Hall–Kier alpha value is -0.940. The van der Waals surface area contributed by atoms with Crippen LogP contribution in [0.2, 0.25) is 0 Å². The number of nitrogens with zero attached hydrogens (tertiary/aromatic N) is 3. The van der Waals surface area contributed by atoms with Gasteiger partial charge in [0.1, 0.15) is 6.10 Å². The lowest BCUT2D eigenvalue weighted by molar-refractivity contribution is -0.102. The van der Waals surface area contributed by atoms with E-state index in [0.717, 1.165) is 32.2 Å². The molecule has 1 aromatic rings. The average Bonchev–Trinajstić information content (AvgIpc) is 2.78. The predicted molar refractivity (Wildman–Crippen MR) is 63.3 cm³/mol. The van der Waals surface area contributed by atoms with Crippen LogP contribution in [0.25, 0.3) is 0 Å². The Kier molecular flexibility index (Phi) is 3.79. The Morgan fingerprint density at radius 1 is 1.41 bits per heavy atom. The van der Waals surface area contributed by atoms with Gasteiger partial charge in [-0.25, -0.2) is 4.68 Å². The number of aliphatic hydroxyl groups is 2. The first-order valence-corrected chi connectivity index (χ1v) is 6.46. The molecule has 1 aromatic heterocycles. The summed E-state index contributed by atoms with van der Waals surface area (Å²) in [4.78, 5) is 0. The molecule has 2 N–H and O–H groups in total. The van der Waals surface area contributed by atoms with Crippen molar-refractivity contribution in [3.63, 3.8) is 0 Å². The van der Waals surface area contributed by atoms with Gasteiger partial charge in [-0.15, -0.1) is 5.10 Å². The van der Waals surface area contributed by atoms with Crippen LogP contribution in [-0.2, 0) is 6.54 Å². The molecule has 0 aliphatic heterocycles. The normalized spacial score (nSPS) is 21.4. The van der Waals surface area contributed by atoms with Gasteiger partial charge in [0, 0.05) is 6.54 Å². The highest BCUT2D eigenvalue weighted by Crippen LogP contribution is 2.37. The van der Waals surface area contributed by atoms with E-state index in [9.17, 15) is 10.2 Å². The van der Waals surface area contributed by atoms with Crippen LogP contribution in [0, 0.1) is 0 Å². The number of aliphatic hydroxyl groups excluding tert-OH is 1. The van der Waals surface area contributed by atoms with E-state index in [0.29, 0.717) is 18.5 Å². The molecule has 5 heteroatoms. The maximum absolute atomic E-state index is 10.5. The van der Waals surface area contributed by atoms with E-state index >= 15 is 0 Å². The van der Waals surface area contributed by atoms with Crippen molar-refractivity contribution in [3.8, 4) is 0 Å². The summed E-state index contributed by atoms with van der Waals surface area (Å²) in [6, 6.07) is 0. The van der Waals surface area contributed by atoms with Crippen molar-refractivity contribution < 1.29 is 10.2 Å². The van der Waals surface area contributed by atoms with Crippen LogP contribution in [-0.4, -0.2) is 30.8 Å². The van der Waals surface area contributed by atoms with Crippen LogP contribution in [0.3, 0.4) is 0 Å². The van der Waals surface area contributed by atoms with Gasteiger partial charge in [-0.2, -0.15) is 0 Å². The fourth-order valence-electron chi connectivity index (χ4n) is 2.58.